The fraction of sp³-hybridized carbons (Fsp3) is 0.143. The SMILES string of the molecule is COCCNC(=O)c1ccc(Sc2ccc(NS(=O)(=O)c3ccccc3)cc2)nc1. The fourth-order valence-corrected chi connectivity index (χ4v) is 4.30. The number of hydrogen-bond donors (Lipinski definition) is 2. The number of ether oxygens (including phenoxy) is 1. The molecule has 0 aliphatic carbocycles. The lowest BCUT2D eigenvalue weighted by molar-refractivity contribution is 0.0936. The Bertz CT molecular complexity index is 1070. The third-order valence-electron chi connectivity index (χ3n) is 3.97. The van der Waals surface area contributed by atoms with Crippen LogP contribution >= 0.6 is 11.8 Å². The highest BCUT2D eigenvalue weighted by Crippen LogP contribution is 2.27. The molecule has 0 fully saturated rings. The zero-order valence-electron chi connectivity index (χ0n) is 16.2. The summed E-state index contributed by atoms with van der Waals surface area (Å²) in [5.74, 6) is -0.203. The van der Waals surface area contributed by atoms with Crippen LogP contribution in [0.1, 0.15) is 10.4 Å². The van der Waals surface area contributed by atoms with Gasteiger partial charge in [-0.1, -0.05) is 30.0 Å². The smallest absolute Gasteiger partial charge is 0.261 e. The normalized spacial score (nSPS) is 11.1. The molecule has 9 heteroatoms. The van der Waals surface area contributed by atoms with Crippen LogP contribution in [-0.2, 0) is 14.8 Å². The highest BCUT2D eigenvalue weighted by molar-refractivity contribution is 7.99. The first-order chi connectivity index (χ1) is 14.5. The van der Waals surface area contributed by atoms with Crippen molar-refractivity contribution in [2.75, 3.05) is 25.0 Å². The molecule has 1 aromatic heterocycles. The Labute approximate surface area is 179 Å². The molecule has 0 aliphatic heterocycles. The van der Waals surface area contributed by atoms with E-state index in [0.29, 0.717) is 24.4 Å². The van der Waals surface area contributed by atoms with E-state index in [1.807, 2.05) is 0 Å². The second-order valence-electron chi connectivity index (χ2n) is 6.18. The maximum atomic E-state index is 12.4. The number of benzene rings is 2. The molecule has 0 saturated heterocycles. The topological polar surface area (TPSA) is 97.4 Å². The van der Waals surface area contributed by atoms with Gasteiger partial charge in [0.25, 0.3) is 15.9 Å². The van der Waals surface area contributed by atoms with E-state index >= 15 is 0 Å². The number of nitrogens with zero attached hydrogens (tertiary/aromatic N) is 1. The minimum atomic E-state index is -3.62. The van der Waals surface area contributed by atoms with Gasteiger partial charge in [0, 0.05) is 30.4 Å². The second kappa shape index (κ2) is 10.2. The zero-order valence-corrected chi connectivity index (χ0v) is 17.9. The van der Waals surface area contributed by atoms with Crippen LogP contribution in [0.25, 0.3) is 0 Å². The van der Waals surface area contributed by atoms with Crippen molar-refractivity contribution in [2.24, 2.45) is 0 Å². The molecule has 3 aromatic rings. The van der Waals surface area contributed by atoms with Crippen molar-refractivity contribution in [2.45, 2.75) is 14.8 Å². The standard InChI is InChI=1S/C21H21N3O4S2/c1-28-14-13-22-21(25)16-7-12-20(23-15-16)29-18-10-8-17(9-11-18)24-30(26,27)19-5-3-2-4-6-19/h2-12,15,24H,13-14H2,1H3,(H,22,25). The lowest BCUT2D eigenvalue weighted by Crippen LogP contribution is -2.26. The van der Waals surface area contributed by atoms with Gasteiger partial charge < -0.3 is 10.1 Å². The molecule has 7 nitrogen and oxygen atoms in total. The molecular formula is C21H21N3O4S2. The Morgan fingerprint density at radius 1 is 1.03 bits per heavy atom. The van der Waals surface area contributed by atoms with E-state index in [-0.39, 0.29) is 10.8 Å². The molecule has 30 heavy (non-hydrogen) atoms. The van der Waals surface area contributed by atoms with Gasteiger partial charge in [-0.2, -0.15) is 0 Å². The molecule has 0 radical (unpaired) electrons. The maximum absolute atomic E-state index is 12.4. The van der Waals surface area contributed by atoms with E-state index < -0.39 is 10.0 Å². The summed E-state index contributed by atoms with van der Waals surface area (Å²) >= 11 is 1.41. The minimum Gasteiger partial charge on any atom is -0.383 e. The quantitative estimate of drug-likeness (QED) is 0.492. The zero-order chi connectivity index (χ0) is 21.4. The molecule has 0 aliphatic rings. The Hall–Kier alpha value is -2.88. The predicted octanol–water partition coefficient (Wildman–Crippen LogP) is 3.41. The fourth-order valence-electron chi connectivity index (χ4n) is 2.47. The summed E-state index contributed by atoms with van der Waals surface area (Å²) in [4.78, 5) is 17.4. The second-order valence-corrected chi connectivity index (χ2v) is 8.96. The number of anilines is 1. The molecule has 0 bridgehead atoms. The van der Waals surface area contributed by atoms with E-state index in [4.69, 9.17) is 4.74 Å². The summed E-state index contributed by atoms with van der Waals surface area (Å²) in [6.07, 6.45) is 1.52. The van der Waals surface area contributed by atoms with Crippen molar-refractivity contribution in [1.29, 1.82) is 0 Å². The molecule has 2 N–H and O–H groups in total. The molecular weight excluding hydrogens is 422 g/mol. The number of sulfonamides is 1. The predicted molar refractivity (Wildman–Crippen MR) is 116 cm³/mol. The van der Waals surface area contributed by atoms with Crippen molar-refractivity contribution in [3.8, 4) is 0 Å². The first-order valence-electron chi connectivity index (χ1n) is 9.07. The molecule has 156 valence electrons. The monoisotopic (exact) mass is 443 g/mol. The largest absolute Gasteiger partial charge is 0.383 e. The van der Waals surface area contributed by atoms with Gasteiger partial charge in [-0.25, -0.2) is 13.4 Å². The van der Waals surface area contributed by atoms with Gasteiger partial charge in [-0.3, -0.25) is 9.52 Å². The first kappa shape index (κ1) is 21.8. The van der Waals surface area contributed by atoms with E-state index in [9.17, 15) is 13.2 Å². The molecule has 1 amide bonds. The van der Waals surface area contributed by atoms with Crippen LogP contribution in [0.4, 0.5) is 5.69 Å². The minimum absolute atomic E-state index is 0.203. The third-order valence-corrected chi connectivity index (χ3v) is 6.33. The van der Waals surface area contributed by atoms with Gasteiger partial charge in [0.2, 0.25) is 0 Å². The third kappa shape index (κ3) is 6.06. The number of methoxy groups -OCH3 is 1. The average Bonchev–Trinajstić information content (AvgIpc) is 2.76. The number of carbonyl (C=O) groups is 1. The first-order valence-corrected chi connectivity index (χ1v) is 11.4. The van der Waals surface area contributed by atoms with Crippen LogP contribution in [0, 0.1) is 0 Å². The lowest BCUT2D eigenvalue weighted by Gasteiger charge is -2.09. The summed E-state index contributed by atoms with van der Waals surface area (Å²) < 4.78 is 32.2. The number of aromatic nitrogens is 1. The van der Waals surface area contributed by atoms with Crippen LogP contribution in [0.5, 0.6) is 0 Å². The number of rotatable bonds is 9. The summed E-state index contributed by atoms with van der Waals surface area (Å²) in [6.45, 7) is 0.886. The Morgan fingerprint density at radius 2 is 1.77 bits per heavy atom. The Balaban J connectivity index is 1.60. The average molecular weight is 444 g/mol. The lowest BCUT2D eigenvalue weighted by atomic mass is 10.3. The van der Waals surface area contributed by atoms with Crippen LogP contribution < -0.4 is 10.0 Å². The number of pyridine rings is 1. The number of carbonyl (C=O) groups excluding carboxylic acids is 1. The molecule has 0 unspecified atom stereocenters. The van der Waals surface area contributed by atoms with Crippen molar-refractivity contribution >= 4 is 33.4 Å². The van der Waals surface area contributed by atoms with E-state index in [0.717, 1.165) is 9.92 Å². The van der Waals surface area contributed by atoms with Gasteiger partial charge in [0.15, 0.2) is 0 Å². The number of nitrogens with one attached hydrogen (secondary N) is 2. The van der Waals surface area contributed by atoms with Gasteiger partial charge in [-0.05, 0) is 48.5 Å². The molecule has 3 rings (SSSR count). The summed E-state index contributed by atoms with van der Waals surface area (Å²) in [7, 11) is -2.05. The summed E-state index contributed by atoms with van der Waals surface area (Å²) in [6, 6.07) is 18.7. The molecule has 0 spiro atoms. The summed E-state index contributed by atoms with van der Waals surface area (Å²) in [5.41, 5.74) is 0.945. The van der Waals surface area contributed by atoms with Gasteiger partial charge >= 0.3 is 0 Å². The highest BCUT2D eigenvalue weighted by Gasteiger charge is 2.13. The van der Waals surface area contributed by atoms with Gasteiger partial charge in [-0.15, -0.1) is 0 Å². The van der Waals surface area contributed by atoms with E-state index in [1.54, 1.807) is 73.8 Å². The Morgan fingerprint density at radius 3 is 2.40 bits per heavy atom. The van der Waals surface area contributed by atoms with Crippen LogP contribution in [0.3, 0.4) is 0 Å². The number of hydrogen-bond acceptors (Lipinski definition) is 6. The van der Waals surface area contributed by atoms with Crippen molar-refractivity contribution < 1.29 is 17.9 Å². The molecule has 1 heterocycles. The van der Waals surface area contributed by atoms with Crippen LogP contribution in [0.2, 0.25) is 0 Å². The summed E-state index contributed by atoms with van der Waals surface area (Å²) in [5, 5.41) is 3.46. The molecule has 0 atom stereocenters. The molecule has 2 aromatic carbocycles. The highest BCUT2D eigenvalue weighted by atomic mass is 32.2. The maximum Gasteiger partial charge on any atom is 0.261 e. The Kier molecular flexibility index (Phi) is 7.45. The van der Waals surface area contributed by atoms with Crippen LogP contribution in [0.15, 0.2) is 87.7 Å². The van der Waals surface area contributed by atoms with Crippen molar-refractivity contribution in [3.63, 3.8) is 0 Å². The van der Waals surface area contributed by atoms with E-state index in [2.05, 4.69) is 15.0 Å². The van der Waals surface area contributed by atoms with Gasteiger partial charge in [0.05, 0.1) is 17.1 Å². The molecule has 0 saturated carbocycles. The van der Waals surface area contributed by atoms with Crippen molar-refractivity contribution in [1.82, 2.24) is 10.3 Å². The van der Waals surface area contributed by atoms with E-state index in [1.165, 1.54) is 18.0 Å². The number of amides is 1. The van der Waals surface area contributed by atoms with Crippen LogP contribution in [-0.4, -0.2) is 39.6 Å². The van der Waals surface area contributed by atoms with Crippen molar-refractivity contribution in [3.05, 3.63) is 78.5 Å². The van der Waals surface area contributed by atoms with Gasteiger partial charge in [0.1, 0.15) is 5.03 Å².